The molecule has 0 heterocycles. The Morgan fingerprint density at radius 2 is 1.68 bits per heavy atom. The molecule has 1 aromatic rings. The number of carbonyl (C=O) groups is 2. The Morgan fingerprint density at radius 1 is 0.929 bits per heavy atom. The molecule has 0 aromatic heterocycles. The number of fused-ring (bicyclic) bond motifs is 5. The molecule has 0 saturated heterocycles. The molecule has 0 spiro atoms. The Kier molecular flexibility index (Phi) is 4.39. The van der Waals surface area contributed by atoms with Gasteiger partial charge in [0.25, 0.3) is 0 Å². The van der Waals surface area contributed by atoms with Crippen LogP contribution in [0.1, 0.15) is 58.8 Å². The molecule has 0 amide bonds. The van der Waals surface area contributed by atoms with Crippen molar-refractivity contribution < 1.29 is 9.59 Å². The van der Waals surface area contributed by atoms with E-state index in [9.17, 15) is 9.59 Å². The smallest absolute Gasteiger partial charge is 0.168 e. The van der Waals surface area contributed by atoms with Gasteiger partial charge in [-0.3, -0.25) is 9.59 Å². The van der Waals surface area contributed by atoms with Gasteiger partial charge in [0.05, 0.1) is 5.25 Å². The summed E-state index contributed by atoms with van der Waals surface area (Å²) in [6.07, 6.45) is 9.25. The van der Waals surface area contributed by atoms with Gasteiger partial charge in [-0.2, -0.15) is 0 Å². The minimum absolute atomic E-state index is 0.0217. The molecule has 3 saturated carbocycles. The van der Waals surface area contributed by atoms with Crippen LogP contribution in [-0.4, -0.2) is 16.8 Å². The van der Waals surface area contributed by atoms with Gasteiger partial charge in [0, 0.05) is 16.7 Å². The van der Waals surface area contributed by atoms with Gasteiger partial charge in [-0.15, -0.1) is 11.8 Å². The molecule has 1 aromatic carbocycles. The molecule has 1 unspecified atom stereocenters. The van der Waals surface area contributed by atoms with Crippen LogP contribution in [0.25, 0.3) is 0 Å². The van der Waals surface area contributed by atoms with Crippen LogP contribution < -0.4 is 0 Å². The third kappa shape index (κ3) is 2.69. The summed E-state index contributed by atoms with van der Waals surface area (Å²) in [4.78, 5) is 26.7. The molecule has 4 aliphatic carbocycles. The van der Waals surface area contributed by atoms with Crippen LogP contribution in [0.2, 0.25) is 0 Å². The van der Waals surface area contributed by atoms with E-state index >= 15 is 0 Å². The van der Waals surface area contributed by atoms with Crippen LogP contribution in [0, 0.1) is 28.6 Å². The Labute approximate surface area is 172 Å². The normalized spacial score (nSPS) is 42.4. The highest BCUT2D eigenvalue weighted by Crippen LogP contribution is 2.64. The van der Waals surface area contributed by atoms with Gasteiger partial charge < -0.3 is 0 Å². The lowest BCUT2D eigenvalue weighted by Gasteiger charge is -2.57. The zero-order valence-corrected chi connectivity index (χ0v) is 17.8. The second-order valence-electron chi connectivity index (χ2n) is 9.95. The topological polar surface area (TPSA) is 34.1 Å². The van der Waals surface area contributed by atoms with E-state index in [1.165, 1.54) is 16.9 Å². The molecule has 5 rings (SSSR count). The SMILES string of the molecule is C[C@]12CC(Sc3ccccc3)C(=O)C=C1CC[C@@H]1[C@@H]2CC[C@]2(C)C(=O)CC[C@@H]12. The maximum atomic E-state index is 12.9. The molecule has 28 heavy (non-hydrogen) atoms. The van der Waals surface area contributed by atoms with Crippen molar-refractivity contribution in [3.63, 3.8) is 0 Å². The zero-order valence-electron chi connectivity index (χ0n) is 16.9. The third-order valence-electron chi connectivity index (χ3n) is 8.71. The number of ketones is 2. The predicted octanol–water partition coefficient (Wildman–Crippen LogP) is 5.86. The number of hydrogen-bond acceptors (Lipinski definition) is 3. The van der Waals surface area contributed by atoms with E-state index < -0.39 is 0 Å². The van der Waals surface area contributed by atoms with Crippen molar-refractivity contribution in [1.82, 2.24) is 0 Å². The Bertz CT molecular complexity index is 843. The van der Waals surface area contributed by atoms with Crippen LogP contribution in [-0.2, 0) is 9.59 Å². The highest BCUT2D eigenvalue weighted by atomic mass is 32.2. The summed E-state index contributed by atoms with van der Waals surface area (Å²) in [5.41, 5.74) is 1.45. The molecule has 6 atom stereocenters. The van der Waals surface area contributed by atoms with Gasteiger partial charge in [0.15, 0.2) is 5.78 Å². The highest BCUT2D eigenvalue weighted by molar-refractivity contribution is 8.00. The van der Waals surface area contributed by atoms with Crippen molar-refractivity contribution in [2.45, 2.75) is 68.9 Å². The summed E-state index contributed by atoms with van der Waals surface area (Å²) in [5, 5.41) is 0.0217. The predicted molar refractivity (Wildman–Crippen MR) is 113 cm³/mol. The van der Waals surface area contributed by atoms with E-state index in [2.05, 4.69) is 26.0 Å². The molecule has 148 valence electrons. The van der Waals surface area contributed by atoms with Crippen molar-refractivity contribution >= 4 is 23.3 Å². The summed E-state index contributed by atoms with van der Waals surface area (Å²) < 4.78 is 0. The number of Topliss-reactive ketones (excluding diaryl/α,β-unsaturated/α-hetero) is 1. The van der Waals surface area contributed by atoms with Crippen molar-refractivity contribution in [1.29, 1.82) is 0 Å². The van der Waals surface area contributed by atoms with E-state index in [-0.39, 0.29) is 16.1 Å². The average molecular weight is 395 g/mol. The molecule has 0 bridgehead atoms. The lowest BCUT2D eigenvalue weighted by atomic mass is 9.47. The van der Waals surface area contributed by atoms with Gasteiger partial charge in [0.2, 0.25) is 0 Å². The molecule has 2 nitrogen and oxygen atoms in total. The molecule has 3 fully saturated rings. The quantitative estimate of drug-likeness (QED) is 0.630. The molecular formula is C25H30O2S. The van der Waals surface area contributed by atoms with Crippen molar-refractivity contribution in [3.8, 4) is 0 Å². The standard InChI is InChI=1S/C25H30O2S/c1-24-13-12-20-18(19(24)10-11-23(24)27)9-8-16-14-21(26)22(15-25(16,20)2)28-17-6-4-3-5-7-17/h3-7,14,18-20,22H,8-13,15H2,1-2H3/t18-,19-,20-,22?,24-,25-/m0/s1. The van der Waals surface area contributed by atoms with E-state index in [1.54, 1.807) is 11.8 Å². The zero-order chi connectivity index (χ0) is 19.5. The van der Waals surface area contributed by atoms with Crippen LogP contribution in [0.15, 0.2) is 46.9 Å². The van der Waals surface area contributed by atoms with E-state index in [1.807, 2.05) is 24.3 Å². The second-order valence-corrected chi connectivity index (χ2v) is 11.2. The van der Waals surface area contributed by atoms with E-state index in [0.717, 1.165) is 38.5 Å². The number of hydrogen-bond donors (Lipinski definition) is 0. The van der Waals surface area contributed by atoms with Crippen LogP contribution >= 0.6 is 11.8 Å². The van der Waals surface area contributed by atoms with Gasteiger partial charge in [-0.25, -0.2) is 0 Å². The Balaban J connectivity index is 1.44. The summed E-state index contributed by atoms with van der Waals surface area (Å²) in [6, 6.07) is 10.3. The number of benzene rings is 1. The summed E-state index contributed by atoms with van der Waals surface area (Å²) in [5.74, 6) is 2.66. The summed E-state index contributed by atoms with van der Waals surface area (Å²) in [7, 11) is 0. The summed E-state index contributed by atoms with van der Waals surface area (Å²) >= 11 is 1.74. The first-order valence-corrected chi connectivity index (χ1v) is 11.8. The molecule has 0 N–H and O–H groups in total. The average Bonchev–Trinajstić information content (AvgIpc) is 2.99. The summed E-state index contributed by atoms with van der Waals surface area (Å²) in [6.45, 7) is 4.68. The fourth-order valence-corrected chi connectivity index (χ4v) is 8.39. The maximum absolute atomic E-state index is 12.9. The molecule has 4 aliphatic rings. The van der Waals surface area contributed by atoms with Crippen LogP contribution in [0.5, 0.6) is 0 Å². The fourth-order valence-electron chi connectivity index (χ4n) is 7.13. The maximum Gasteiger partial charge on any atom is 0.168 e. The Morgan fingerprint density at radius 3 is 2.46 bits per heavy atom. The highest BCUT2D eigenvalue weighted by Gasteiger charge is 2.59. The van der Waals surface area contributed by atoms with Gasteiger partial charge in [0.1, 0.15) is 5.78 Å². The van der Waals surface area contributed by atoms with E-state index in [0.29, 0.717) is 29.3 Å². The number of thioether (sulfide) groups is 1. The molecule has 3 heteroatoms. The number of allylic oxidation sites excluding steroid dienone is 1. The Hall–Kier alpha value is -1.35. The monoisotopic (exact) mass is 394 g/mol. The first kappa shape index (κ1) is 18.7. The lowest BCUT2D eigenvalue weighted by molar-refractivity contribution is -0.132. The van der Waals surface area contributed by atoms with E-state index in [4.69, 9.17) is 0 Å². The number of rotatable bonds is 2. The van der Waals surface area contributed by atoms with Crippen molar-refractivity contribution in [2.75, 3.05) is 0 Å². The van der Waals surface area contributed by atoms with Gasteiger partial charge in [-0.05, 0) is 79.9 Å². The van der Waals surface area contributed by atoms with Crippen LogP contribution in [0.4, 0.5) is 0 Å². The lowest BCUT2D eigenvalue weighted by Crippen LogP contribution is -2.52. The van der Waals surface area contributed by atoms with Gasteiger partial charge >= 0.3 is 0 Å². The number of carbonyl (C=O) groups excluding carboxylic acids is 2. The fraction of sp³-hybridized carbons (Fsp3) is 0.600. The first-order valence-electron chi connectivity index (χ1n) is 10.9. The van der Waals surface area contributed by atoms with Crippen molar-refractivity contribution in [3.05, 3.63) is 42.0 Å². The van der Waals surface area contributed by atoms with Gasteiger partial charge in [-0.1, -0.05) is 37.6 Å². The molecular weight excluding hydrogens is 364 g/mol. The minimum atomic E-state index is -0.0680. The second kappa shape index (κ2) is 6.58. The molecule has 0 aliphatic heterocycles. The van der Waals surface area contributed by atoms with Crippen molar-refractivity contribution in [2.24, 2.45) is 28.6 Å². The van der Waals surface area contributed by atoms with Crippen LogP contribution in [0.3, 0.4) is 0 Å². The largest absolute Gasteiger partial charge is 0.299 e. The minimum Gasteiger partial charge on any atom is -0.299 e. The third-order valence-corrected chi connectivity index (χ3v) is 9.94. The molecule has 0 radical (unpaired) electrons. The first-order chi connectivity index (χ1) is 13.4.